The van der Waals surface area contributed by atoms with Crippen LogP contribution in [0.5, 0.6) is 0 Å². The number of hydrogen-bond acceptors (Lipinski definition) is 5. The van der Waals surface area contributed by atoms with E-state index in [0.717, 1.165) is 12.8 Å². The predicted octanol–water partition coefficient (Wildman–Crippen LogP) is 4.04. The van der Waals surface area contributed by atoms with Crippen LogP contribution in [-0.4, -0.2) is 40.1 Å². The maximum atomic E-state index is 12.9. The van der Waals surface area contributed by atoms with Crippen LogP contribution in [0, 0.1) is 6.92 Å². The number of nitrogens with zero attached hydrogens (tertiary/aromatic N) is 3. The first kappa shape index (κ1) is 19.6. The summed E-state index contributed by atoms with van der Waals surface area (Å²) in [6.45, 7) is 3.04. The molecule has 2 N–H and O–H groups in total. The van der Waals surface area contributed by atoms with Gasteiger partial charge < -0.3 is 20.1 Å². The highest BCUT2D eigenvalue weighted by atomic mass is 16.5. The van der Waals surface area contributed by atoms with Gasteiger partial charge in [-0.2, -0.15) is 4.98 Å². The molecule has 4 rings (SSSR count). The molecule has 0 bridgehead atoms. The number of urea groups is 1. The van der Waals surface area contributed by atoms with Crippen LogP contribution in [-0.2, 0) is 0 Å². The minimum atomic E-state index is -0.339. The molecular formula is C22H23N5O3. The van der Waals surface area contributed by atoms with Gasteiger partial charge in [0.05, 0.1) is 5.92 Å². The lowest BCUT2D eigenvalue weighted by Crippen LogP contribution is -2.39. The van der Waals surface area contributed by atoms with Crippen molar-refractivity contribution < 1.29 is 14.1 Å². The van der Waals surface area contributed by atoms with Crippen LogP contribution in [0.25, 0.3) is 0 Å². The first-order valence-corrected chi connectivity index (χ1v) is 9.91. The molecule has 154 valence electrons. The Morgan fingerprint density at radius 3 is 2.40 bits per heavy atom. The lowest BCUT2D eigenvalue weighted by molar-refractivity contribution is 0.0695. The molecule has 0 saturated carbocycles. The van der Waals surface area contributed by atoms with E-state index in [-0.39, 0.29) is 17.9 Å². The number of carbonyl (C=O) groups excluding carboxylic acids is 2. The zero-order chi connectivity index (χ0) is 20.9. The Hall–Kier alpha value is -3.68. The largest absolute Gasteiger partial charge is 0.339 e. The molecule has 0 radical (unpaired) electrons. The van der Waals surface area contributed by atoms with Gasteiger partial charge in [0.25, 0.3) is 5.91 Å². The number of piperidine rings is 1. The number of nitrogens with one attached hydrogen (secondary N) is 2. The van der Waals surface area contributed by atoms with E-state index in [1.54, 1.807) is 31.2 Å². The lowest BCUT2D eigenvalue weighted by atomic mass is 9.97. The van der Waals surface area contributed by atoms with Gasteiger partial charge in [-0.05, 0) is 56.2 Å². The average Bonchev–Trinajstić information content (AvgIpc) is 3.21. The molecule has 1 fully saturated rings. The zero-order valence-electron chi connectivity index (χ0n) is 16.7. The van der Waals surface area contributed by atoms with Gasteiger partial charge >= 0.3 is 6.03 Å². The normalized spacial score (nSPS) is 16.2. The molecule has 1 unspecified atom stereocenters. The van der Waals surface area contributed by atoms with Crippen molar-refractivity contribution in [3.05, 3.63) is 71.9 Å². The second-order valence-corrected chi connectivity index (χ2v) is 7.29. The standard InChI is InChI=1S/C22H23N5O3/c1-15-23-20(30-26-15)17-6-5-13-27(14-17)21(28)16-9-11-19(12-10-16)25-22(29)24-18-7-3-2-4-8-18/h2-4,7-12,17H,5-6,13-14H2,1H3,(H2,24,25,29). The monoisotopic (exact) mass is 405 g/mol. The molecule has 2 heterocycles. The van der Waals surface area contributed by atoms with Crippen LogP contribution in [0.4, 0.5) is 16.2 Å². The van der Waals surface area contributed by atoms with Crippen LogP contribution in [0.15, 0.2) is 59.1 Å². The number of carbonyl (C=O) groups is 2. The van der Waals surface area contributed by atoms with Gasteiger partial charge in [0.1, 0.15) is 0 Å². The molecule has 1 aromatic heterocycles. The van der Waals surface area contributed by atoms with Crippen molar-refractivity contribution in [2.45, 2.75) is 25.7 Å². The Bertz CT molecular complexity index is 1020. The van der Waals surface area contributed by atoms with E-state index in [9.17, 15) is 9.59 Å². The van der Waals surface area contributed by atoms with E-state index in [1.165, 1.54) is 0 Å². The molecule has 3 amide bonds. The molecule has 1 aliphatic rings. The summed E-state index contributed by atoms with van der Waals surface area (Å²) in [7, 11) is 0. The maximum absolute atomic E-state index is 12.9. The van der Waals surface area contributed by atoms with Crippen LogP contribution >= 0.6 is 0 Å². The highest BCUT2D eigenvalue weighted by molar-refractivity contribution is 6.00. The first-order valence-electron chi connectivity index (χ1n) is 9.91. The quantitative estimate of drug-likeness (QED) is 0.682. The molecule has 8 nitrogen and oxygen atoms in total. The van der Waals surface area contributed by atoms with E-state index >= 15 is 0 Å². The summed E-state index contributed by atoms with van der Waals surface area (Å²) < 4.78 is 5.29. The minimum absolute atomic E-state index is 0.0452. The fraction of sp³-hybridized carbons (Fsp3) is 0.273. The number of para-hydroxylation sites is 1. The van der Waals surface area contributed by atoms with Crippen molar-refractivity contribution in [3.8, 4) is 0 Å². The van der Waals surface area contributed by atoms with Crippen molar-refractivity contribution in [2.24, 2.45) is 0 Å². The molecule has 8 heteroatoms. The van der Waals surface area contributed by atoms with E-state index in [4.69, 9.17) is 4.52 Å². The van der Waals surface area contributed by atoms with Crippen LogP contribution in [0.2, 0.25) is 0 Å². The summed E-state index contributed by atoms with van der Waals surface area (Å²) in [5.41, 5.74) is 1.89. The smallest absolute Gasteiger partial charge is 0.323 e. The molecular weight excluding hydrogens is 382 g/mol. The van der Waals surface area contributed by atoms with E-state index in [2.05, 4.69) is 20.8 Å². The molecule has 0 spiro atoms. The van der Waals surface area contributed by atoms with E-state index < -0.39 is 0 Å². The second-order valence-electron chi connectivity index (χ2n) is 7.29. The Morgan fingerprint density at radius 1 is 1.03 bits per heavy atom. The van der Waals surface area contributed by atoms with E-state index in [1.807, 2.05) is 35.2 Å². The van der Waals surface area contributed by atoms with E-state index in [0.29, 0.717) is 41.7 Å². The number of hydrogen-bond donors (Lipinski definition) is 2. The first-order chi connectivity index (χ1) is 14.6. The van der Waals surface area contributed by atoms with Gasteiger partial charge in [-0.3, -0.25) is 4.79 Å². The summed E-state index contributed by atoms with van der Waals surface area (Å²) in [5, 5.41) is 9.37. The average molecular weight is 405 g/mol. The molecule has 2 aromatic carbocycles. The van der Waals surface area contributed by atoms with Crippen LogP contribution in [0.3, 0.4) is 0 Å². The highest BCUT2D eigenvalue weighted by Gasteiger charge is 2.28. The highest BCUT2D eigenvalue weighted by Crippen LogP contribution is 2.27. The van der Waals surface area contributed by atoms with Crippen molar-refractivity contribution in [2.75, 3.05) is 23.7 Å². The number of anilines is 2. The summed E-state index contributed by atoms with van der Waals surface area (Å²) in [4.78, 5) is 31.1. The number of amides is 3. The molecule has 1 aliphatic heterocycles. The summed E-state index contributed by atoms with van der Waals surface area (Å²) in [5.74, 6) is 1.21. The summed E-state index contributed by atoms with van der Waals surface area (Å²) >= 11 is 0. The molecule has 3 aromatic rings. The Morgan fingerprint density at radius 2 is 1.73 bits per heavy atom. The number of aromatic nitrogens is 2. The van der Waals surface area contributed by atoms with Crippen molar-refractivity contribution in [1.29, 1.82) is 0 Å². The SMILES string of the molecule is Cc1noc(C2CCCN(C(=O)c3ccc(NC(=O)Nc4ccccc4)cc3)C2)n1. The molecule has 0 aliphatic carbocycles. The van der Waals surface area contributed by atoms with Gasteiger partial charge in [-0.1, -0.05) is 23.4 Å². The number of aryl methyl sites for hydroxylation is 1. The second kappa shape index (κ2) is 8.77. The summed E-state index contributed by atoms with van der Waals surface area (Å²) in [6, 6.07) is 15.7. The van der Waals surface area contributed by atoms with Crippen molar-refractivity contribution in [3.63, 3.8) is 0 Å². The van der Waals surface area contributed by atoms with Crippen LogP contribution < -0.4 is 10.6 Å². The van der Waals surface area contributed by atoms with Crippen molar-refractivity contribution >= 4 is 23.3 Å². The minimum Gasteiger partial charge on any atom is -0.339 e. The van der Waals surface area contributed by atoms with Gasteiger partial charge in [-0.15, -0.1) is 0 Å². The molecule has 30 heavy (non-hydrogen) atoms. The Balaban J connectivity index is 1.36. The molecule has 1 atom stereocenters. The lowest BCUT2D eigenvalue weighted by Gasteiger charge is -2.31. The number of likely N-dealkylation sites (tertiary alicyclic amines) is 1. The predicted molar refractivity (Wildman–Crippen MR) is 112 cm³/mol. The van der Waals surface area contributed by atoms with Gasteiger partial charge in [0.15, 0.2) is 5.82 Å². The Kier molecular flexibility index (Phi) is 5.74. The van der Waals surface area contributed by atoms with Gasteiger partial charge in [0.2, 0.25) is 5.89 Å². The van der Waals surface area contributed by atoms with Crippen molar-refractivity contribution in [1.82, 2.24) is 15.0 Å². The zero-order valence-corrected chi connectivity index (χ0v) is 16.7. The number of rotatable bonds is 4. The van der Waals surface area contributed by atoms with Gasteiger partial charge in [-0.25, -0.2) is 4.79 Å². The Labute approximate surface area is 174 Å². The third kappa shape index (κ3) is 4.65. The topological polar surface area (TPSA) is 100 Å². The van der Waals surface area contributed by atoms with Gasteiger partial charge in [0, 0.05) is 30.0 Å². The third-order valence-corrected chi connectivity index (χ3v) is 5.02. The summed E-state index contributed by atoms with van der Waals surface area (Å²) in [6.07, 6.45) is 1.81. The van der Waals surface area contributed by atoms with Crippen LogP contribution in [0.1, 0.15) is 40.8 Å². The molecule has 1 saturated heterocycles. The third-order valence-electron chi connectivity index (χ3n) is 5.02. The fourth-order valence-corrected chi connectivity index (χ4v) is 3.54. The fourth-order valence-electron chi connectivity index (χ4n) is 3.54. The number of benzene rings is 2. The maximum Gasteiger partial charge on any atom is 0.323 e.